The number of aliphatic hydroxyl groups excluding tert-OH is 1. The van der Waals surface area contributed by atoms with Crippen LogP contribution in [0.5, 0.6) is 0 Å². The number of hydrogen-bond acceptors (Lipinski definition) is 9. The molecule has 0 aliphatic carbocycles. The first-order valence-electron chi connectivity index (χ1n) is 8.73. The van der Waals surface area contributed by atoms with Crippen LogP contribution >= 0.6 is 0 Å². The number of nitrogens with zero attached hydrogens (tertiary/aromatic N) is 3. The minimum atomic E-state index is -1.44. The number of nitrogens with one attached hydrogen (secondary N) is 2. The number of ether oxygens (including phenoxy) is 2. The predicted octanol–water partition coefficient (Wildman–Crippen LogP) is 0.765. The molecule has 5 unspecified atom stereocenters. The summed E-state index contributed by atoms with van der Waals surface area (Å²) in [5.74, 6) is 0. The zero-order valence-corrected chi connectivity index (χ0v) is 15.1. The van der Waals surface area contributed by atoms with Gasteiger partial charge in [-0.1, -0.05) is 40.7 Å². The van der Waals surface area contributed by atoms with E-state index in [1.165, 1.54) is 12.3 Å². The van der Waals surface area contributed by atoms with Crippen LogP contribution in [0.3, 0.4) is 0 Å². The molecule has 0 spiro atoms. The van der Waals surface area contributed by atoms with Crippen molar-refractivity contribution in [3.63, 3.8) is 0 Å². The number of hydrogen-bond donors (Lipinski definition) is 3. The van der Waals surface area contributed by atoms with E-state index in [-0.39, 0.29) is 13.2 Å². The van der Waals surface area contributed by atoms with Gasteiger partial charge in [0.15, 0.2) is 12.3 Å². The third-order valence-corrected chi connectivity index (χ3v) is 4.43. The van der Waals surface area contributed by atoms with Crippen LogP contribution in [0.4, 0.5) is 9.59 Å². The Morgan fingerprint density at radius 2 is 2.07 bits per heavy atom. The quantitative estimate of drug-likeness (QED) is 0.565. The molecule has 2 aliphatic rings. The molecule has 154 valence electrons. The second kappa shape index (κ2) is 9.21. The van der Waals surface area contributed by atoms with Crippen molar-refractivity contribution in [2.45, 2.75) is 37.3 Å². The molecule has 3 rings (SSSR count). The maximum absolute atomic E-state index is 12.3. The number of nitroso groups, excluding NO2 is 2. The summed E-state index contributed by atoms with van der Waals surface area (Å²) >= 11 is 0. The molecule has 0 aromatic heterocycles. The molecule has 12 nitrogen and oxygen atoms in total. The molecule has 0 bridgehead atoms. The SMILES string of the molecule is O=NCC1OC(N2C=CC(NC(=O)OCc3ccccc3)NC2=O)C(O)C1N=O. The Kier molecular flexibility index (Phi) is 6.46. The Bertz CT molecular complexity index is 790. The van der Waals surface area contributed by atoms with Gasteiger partial charge in [0.1, 0.15) is 31.5 Å². The second-order valence-corrected chi connectivity index (χ2v) is 6.35. The van der Waals surface area contributed by atoms with Gasteiger partial charge in [-0.2, -0.15) is 9.81 Å². The number of alkyl carbamates (subject to hydrolysis) is 1. The molecule has 3 amide bonds. The lowest BCUT2D eigenvalue weighted by molar-refractivity contribution is -0.0520. The second-order valence-electron chi connectivity index (χ2n) is 6.35. The summed E-state index contributed by atoms with van der Waals surface area (Å²) in [5.41, 5.74) is 0.808. The van der Waals surface area contributed by atoms with E-state index in [1.54, 1.807) is 12.1 Å². The fourth-order valence-corrected chi connectivity index (χ4v) is 2.99. The molecule has 12 heteroatoms. The summed E-state index contributed by atoms with van der Waals surface area (Å²) in [6.45, 7) is -0.321. The van der Waals surface area contributed by atoms with E-state index in [4.69, 9.17) is 9.47 Å². The summed E-state index contributed by atoms with van der Waals surface area (Å²) in [4.78, 5) is 46.6. The molecule has 1 fully saturated rings. The first kappa shape index (κ1) is 20.4. The Morgan fingerprint density at radius 1 is 1.31 bits per heavy atom. The van der Waals surface area contributed by atoms with E-state index in [0.717, 1.165) is 10.5 Å². The number of urea groups is 1. The Hall–Kier alpha value is -3.38. The standard InChI is InChI=1S/C17H19N5O7/c23-14-13(21-27)11(8-18-26)29-15(14)22-7-6-12(19-16(22)24)20-17(25)28-9-10-4-2-1-3-5-10/h1-7,11-15,23H,8-9H2,(H,19,24)(H,20,25). The third kappa shape index (κ3) is 4.73. The fourth-order valence-electron chi connectivity index (χ4n) is 2.99. The van der Waals surface area contributed by atoms with E-state index in [2.05, 4.69) is 21.0 Å². The third-order valence-electron chi connectivity index (χ3n) is 4.43. The van der Waals surface area contributed by atoms with Gasteiger partial charge >= 0.3 is 12.1 Å². The number of amides is 3. The van der Waals surface area contributed by atoms with Crippen LogP contribution in [-0.2, 0) is 16.1 Å². The fraction of sp³-hybridized carbons (Fsp3) is 0.412. The van der Waals surface area contributed by atoms with Gasteiger partial charge in [0.2, 0.25) is 0 Å². The van der Waals surface area contributed by atoms with Crippen LogP contribution in [0, 0.1) is 9.81 Å². The maximum atomic E-state index is 12.3. The largest absolute Gasteiger partial charge is 0.445 e. The molecular weight excluding hydrogens is 386 g/mol. The molecule has 3 N–H and O–H groups in total. The first-order valence-corrected chi connectivity index (χ1v) is 8.73. The smallest absolute Gasteiger partial charge is 0.409 e. The lowest BCUT2D eigenvalue weighted by Gasteiger charge is -2.32. The summed E-state index contributed by atoms with van der Waals surface area (Å²) in [5, 5.41) is 20.5. The van der Waals surface area contributed by atoms with Gasteiger partial charge in [-0.15, -0.1) is 0 Å². The Labute approximate surface area is 164 Å². The van der Waals surface area contributed by atoms with Crippen molar-refractivity contribution < 1.29 is 24.2 Å². The lowest BCUT2D eigenvalue weighted by atomic mass is 10.1. The van der Waals surface area contributed by atoms with Crippen LogP contribution in [0.2, 0.25) is 0 Å². The van der Waals surface area contributed by atoms with Crippen molar-refractivity contribution in [1.29, 1.82) is 0 Å². The molecule has 5 atom stereocenters. The number of carbonyl (C=O) groups excluding carboxylic acids is 2. The first-order chi connectivity index (χ1) is 14.0. The molecule has 2 aliphatic heterocycles. The highest BCUT2D eigenvalue weighted by atomic mass is 16.6. The summed E-state index contributed by atoms with van der Waals surface area (Å²) in [7, 11) is 0. The molecular formula is C17H19N5O7. The summed E-state index contributed by atoms with van der Waals surface area (Å²) < 4.78 is 10.5. The number of aliphatic hydroxyl groups is 1. The molecule has 1 saturated heterocycles. The highest BCUT2D eigenvalue weighted by Crippen LogP contribution is 2.28. The number of benzene rings is 1. The van der Waals surface area contributed by atoms with Crippen molar-refractivity contribution in [1.82, 2.24) is 15.5 Å². The van der Waals surface area contributed by atoms with Crippen LogP contribution in [-0.4, -0.2) is 59.3 Å². The van der Waals surface area contributed by atoms with Gasteiger partial charge < -0.3 is 19.9 Å². The minimum absolute atomic E-state index is 0.0670. The minimum Gasteiger partial charge on any atom is -0.445 e. The van der Waals surface area contributed by atoms with E-state index in [9.17, 15) is 24.5 Å². The lowest BCUT2D eigenvalue weighted by Crippen LogP contribution is -2.57. The van der Waals surface area contributed by atoms with Crippen molar-refractivity contribution in [3.05, 3.63) is 58.0 Å². The normalized spacial score (nSPS) is 28.5. The van der Waals surface area contributed by atoms with Crippen LogP contribution < -0.4 is 10.6 Å². The highest BCUT2D eigenvalue weighted by molar-refractivity contribution is 5.78. The molecule has 1 aromatic carbocycles. The van der Waals surface area contributed by atoms with E-state index >= 15 is 0 Å². The van der Waals surface area contributed by atoms with E-state index in [0.29, 0.717) is 0 Å². The van der Waals surface area contributed by atoms with Crippen molar-refractivity contribution in [2.24, 2.45) is 10.4 Å². The van der Waals surface area contributed by atoms with Gasteiger partial charge in [0.05, 0.1) is 0 Å². The maximum Gasteiger partial charge on any atom is 0.409 e. The molecule has 1 aromatic rings. The highest BCUT2D eigenvalue weighted by Gasteiger charge is 2.49. The summed E-state index contributed by atoms with van der Waals surface area (Å²) in [6.07, 6.45) is -2.58. The predicted molar refractivity (Wildman–Crippen MR) is 98.0 cm³/mol. The van der Waals surface area contributed by atoms with Gasteiger partial charge in [-0.05, 0) is 11.6 Å². The van der Waals surface area contributed by atoms with Gasteiger partial charge in [-0.25, -0.2) is 9.59 Å². The Balaban J connectivity index is 1.56. The van der Waals surface area contributed by atoms with E-state index in [1.807, 2.05) is 18.2 Å². The van der Waals surface area contributed by atoms with Crippen molar-refractivity contribution in [2.75, 3.05) is 6.54 Å². The molecule has 0 radical (unpaired) electrons. The van der Waals surface area contributed by atoms with Gasteiger partial charge in [0.25, 0.3) is 0 Å². The van der Waals surface area contributed by atoms with Crippen LogP contribution in [0.25, 0.3) is 0 Å². The van der Waals surface area contributed by atoms with Crippen molar-refractivity contribution in [3.8, 4) is 0 Å². The average molecular weight is 405 g/mol. The molecule has 29 heavy (non-hydrogen) atoms. The number of carbonyl (C=O) groups is 2. The average Bonchev–Trinajstić information content (AvgIpc) is 3.02. The zero-order valence-electron chi connectivity index (χ0n) is 15.1. The monoisotopic (exact) mass is 405 g/mol. The molecule has 0 saturated carbocycles. The van der Waals surface area contributed by atoms with E-state index < -0.39 is 42.8 Å². The number of rotatable bonds is 7. The summed E-state index contributed by atoms with van der Waals surface area (Å²) in [6, 6.07) is 7.14. The van der Waals surface area contributed by atoms with Gasteiger partial charge in [0, 0.05) is 6.20 Å². The molecule has 2 heterocycles. The zero-order chi connectivity index (χ0) is 20.8. The van der Waals surface area contributed by atoms with Crippen molar-refractivity contribution >= 4 is 12.1 Å². The van der Waals surface area contributed by atoms with Gasteiger partial charge in [-0.3, -0.25) is 10.2 Å². The Morgan fingerprint density at radius 3 is 2.72 bits per heavy atom. The van der Waals surface area contributed by atoms with Crippen LogP contribution in [0.15, 0.2) is 53.0 Å². The van der Waals surface area contributed by atoms with Crippen LogP contribution in [0.1, 0.15) is 5.56 Å². The topological polar surface area (TPSA) is 159 Å².